The minimum absolute atomic E-state index is 0.142. The fraction of sp³-hybridized carbons (Fsp3) is 0.188. The summed E-state index contributed by atoms with van der Waals surface area (Å²) in [6.07, 6.45) is -0.643. The molecule has 0 aliphatic carbocycles. The molecule has 1 aliphatic heterocycles. The van der Waals surface area contributed by atoms with E-state index in [4.69, 9.17) is 19.9 Å². The molecule has 5 nitrogen and oxygen atoms in total. The molecule has 1 heterocycles. The Labute approximate surface area is 122 Å². The Morgan fingerprint density at radius 1 is 1.19 bits per heavy atom. The van der Waals surface area contributed by atoms with Gasteiger partial charge in [0, 0.05) is 5.56 Å². The normalized spacial score (nSPS) is 13.8. The predicted octanol–water partition coefficient (Wildman–Crippen LogP) is 2.65. The summed E-state index contributed by atoms with van der Waals surface area (Å²) in [4.78, 5) is 12.4. The van der Waals surface area contributed by atoms with Crippen molar-refractivity contribution in [2.75, 3.05) is 12.5 Å². The van der Waals surface area contributed by atoms with Crippen molar-refractivity contribution in [3.63, 3.8) is 0 Å². The van der Waals surface area contributed by atoms with Gasteiger partial charge in [0.1, 0.15) is 5.75 Å². The topological polar surface area (TPSA) is 70.8 Å². The molecule has 2 N–H and O–H groups in total. The van der Waals surface area contributed by atoms with Gasteiger partial charge in [-0.15, -0.1) is 0 Å². The summed E-state index contributed by atoms with van der Waals surface area (Å²) >= 11 is 0. The van der Waals surface area contributed by atoms with Gasteiger partial charge in [0.05, 0.1) is 5.69 Å². The molecule has 0 amide bonds. The molecule has 0 spiro atoms. The number of nitrogen functional groups attached to an aromatic ring is 1. The van der Waals surface area contributed by atoms with E-state index >= 15 is 0 Å². The highest BCUT2D eigenvalue weighted by Gasteiger charge is 2.21. The van der Waals surface area contributed by atoms with Crippen LogP contribution in [0.1, 0.15) is 17.3 Å². The van der Waals surface area contributed by atoms with Crippen molar-refractivity contribution in [1.82, 2.24) is 0 Å². The van der Waals surface area contributed by atoms with Crippen LogP contribution in [0, 0.1) is 0 Å². The zero-order valence-electron chi connectivity index (χ0n) is 11.5. The van der Waals surface area contributed by atoms with E-state index in [0.29, 0.717) is 28.5 Å². The van der Waals surface area contributed by atoms with E-state index in [9.17, 15) is 4.79 Å². The number of carbonyl (C=O) groups excluding carboxylic acids is 1. The first kappa shape index (κ1) is 13.3. The Hall–Kier alpha value is -2.69. The van der Waals surface area contributed by atoms with Crippen LogP contribution in [0.5, 0.6) is 17.2 Å². The van der Waals surface area contributed by atoms with Gasteiger partial charge >= 0.3 is 0 Å². The average Bonchev–Trinajstić information content (AvgIpc) is 2.96. The number of anilines is 1. The molecular weight excluding hydrogens is 270 g/mol. The molecule has 5 heteroatoms. The highest BCUT2D eigenvalue weighted by molar-refractivity contribution is 6.00. The Kier molecular flexibility index (Phi) is 3.39. The van der Waals surface area contributed by atoms with Crippen molar-refractivity contribution in [3.05, 3.63) is 48.0 Å². The molecule has 2 aromatic rings. The molecule has 0 bridgehead atoms. The van der Waals surface area contributed by atoms with E-state index in [1.165, 1.54) is 0 Å². The summed E-state index contributed by atoms with van der Waals surface area (Å²) in [7, 11) is 0. The van der Waals surface area contributed by atoms with Crippen molar-refractivity contribution in [1.29, 1.82) is 0 Å². The van der Waals surface area contributed by atoms with E-state index in [-0.39, 0.29) is 12.6 Å². The molecule has 0 saturated heterocycles. The Morgan fingerprint density at radius 3 is 2.76 bits per heavy atom. The van der Waals surface area contributed by atoms with Crippen molar-refractivity contribution >= 4 is 11.5 Å². The summed E-state index contributed by atoms with van der Waals surface area (Å²) in [6, 6.07) is 12.2. The number of benzene rings is 2. The maximum absolute atomic E-state index is 12.4. The second-order valence-corrected chi connectivity index (χ2v) is 4.73. The standard InChI is InChI=1S/C16H15NO4/c1-10(21-13-5-3-2-4-12(13)17)16(18)11-6-7-14-15(8-11)20-9-19-14/h2-8,10H,9,17H2,1H3. The van der Waals surface area contributed by atoms with Crippen molar-refractivity contribution in [2.24, 2.45) is 0 Å². The molecule has 0 aromatic heterocycles. The van der Waals surface area contributed by atoms with Gasteiger partial charge < -0.3 is 19.9 Å². The second-order valence-electron chi connectivity index (χ2n) is 4.73. The van der Waals surface area contributed by atoms with Gasteiger partial charge in [0.15, 0.2) is 17.6 Å². The molecule has 0 fully saturated rings. The van der Waals surface area contributed by atoms with Crippen LogP contribution in [0.4, 0.5) is 5.69 Å². The van der Waals surface area contributed by atoms with E-state index in [1.54, 1.807) is 37.3 Å². The van der Waals surface area contributed by atoms with E-state index < -0.39 is 6.10 Å². The Bertz CT molecular complexity index is 684. The molecule has 3 rings (SSSR count). The first-order chi connectivity index (χ1) is 10.1. The maximum Gasteiger partial charge on any atom is 0.231 e. The van der Waals surface area contributed by atoms with Crippen LogP contribution in [0.25, 0.3) is 0 Å². The molecule has 1 aliphatic rings. The average molecular weight is 285 g/mol. The second kappa shape index (κ2) is 5.36. The van der Waals surface area contributed by atoms with Gasteiger partial charge in [-0.3, -0.25) is 4.79 Å². The fourth-order valence-electron chi connectivity index (χ4n) is 2.12. The number of hydrogen-bond donors (Lipinski definition) is 1. The quantitative estimate of drug-likeness (QED) is 0.690. The maximum atomic E-state index is 12.4. The number of para-hydroxylation sites is 2. The largest absolute Gasteiger partial charge is 0.480 e. The number of fused-ring (bicyclic) bond motifs is 1. The third kappa shape index (κ3) is 2.63. The number of ketones is 1. The lowest BCUT2D eigenvalue weighted by molar-refractivity contribution is 0.0819. The molecule has 0 saturated carbocycles. The zero-order chi connectivity index (χ0) is 14.8. The number of Topliss-reactive ketones (excluding diaryl/α,β-unsaturated/α-hetero) is 1. The lowest BCUT2D eigenvalue weighted by atomic mass is 10.1. The fourth-order valence-corrected chi connectivity index (χ4v) is 2.12. The Balaban J connectivity index is 1.77. The minimum Gasteiger partial charge on any atom is -0.480 e. The van der Waals surface area contributed by atoms with Gasteiger partial charge in [-0.05, 0) is 37.3 Å². The molecule has 0 radical (unpaired) electrons. The smallest absolute Gasteiger partial charge is 0.231 e. The van der Waals surface area contributed by atoms with Crippen LogP contribution in [0.2, 0.25) is 0 Å². The highest BCUT2D eigenvalue weighted by Crippen LogP contribution is 2.33. The first-order valence-corrected chi connectivity index (χ1v) is 6.60. The summed E-state index contributed by atoms with van der Waals surface area (Å²) in [5, 5.41) is 0. The van der Waals surface area contributed by atoms with E-state index in [1.807, 2.05) is 12.1 Å². The van der Waals surface area contributed by atoms with Gasteiger partial charge in [0.25, 0.3) is 0 Å². The van der Waals surface area contributed by atoms with E-state index in [0.717, 1.165) is 0 Å². The summed E-state index contributed by atoms with van der Waals surface area (Å²) in [6.45, 7) is 1.87. The number of ether oxygens (including phenoxy) is 3. The lowest BCUT2D eigenvalue weighted by Crippen LogP contribution is -2.24. The third-order valence-electron chi connectivity index (χ3n) is 3.25. The molecular formula is C16H15NO4. The molecule has 1 atom stereocenters. The Morgan fingerprint density at radius 2 is 1.95 bits per heavy atom. The van der Waals surface area contributed by atoms with Gasteiger partial charge in [-0.1, -0.05) is 12.1 Å². The van der Waals surface area contributed by atoms with Crippen LogP contribution >= 0.6 is 0 Å². The molecule has 1 unspecified atom stereocenters. The van der Waals surface area contributed by atoms with Crippen LogP contribution in [0.15, 0.2) is 42.5 Å². The van der Waals surface area contributed by atoms with Crippen LogP contribution in [0.3, 0.4) is 0 Å². The minimum atomic E-state index is -0.643. The number of hydrogen-bond acceptors (Lipinski definition) is 5. The van der Waals surface area contributed by atoms with Gasteiger partial charge in [-0.2, -0.15) is 0 Å². The first-order valence-electron chi connectivity index (χ1n) is 6.60. The summed E-state index contributed by atoms with van der Waals surface area (Å²) in [5.74, 6) is 1.58. The van der Waals surface area contributed by atoms with Crippen molar-refractivity contribution in [3.8, 4) is 17.2 Å². The monoisotopic (exact) mass is 285 g/mol. The third-order valence-corrected chi connectivity index (χ3v) is 3.25. The summed E-state index contributed by atoms with van der Waals surface area (Å²) in [5.41, 5.74) is 6.83. The molecule has 108 valence electrons. The van der Waals surface area contributed by atoms with Crippen LogP contribution < -0.4 is 19.9 Å². The van der Waals surface area contributed by atoms with Crippen LogP contribution in [-0.4, -0.2) is 18.7 Å². The van der Waals surface area contributed by atoms with Crippen molar-refractivity contribution in [2.45, 2.75) is 13.0 Å². The highest BCUT2D eigenvalue weighted by atomic mass is 16.7. The van der Waals surface area contributed by atoms with Crippen molar-refractivity contribution < 1.29 is 19.0 Å². The van der Waals surface area contributed by atoms with Gasteiger partial charge in [0.2, 0.25) is 12.6 Å². The van der Waals surface area contributed by atoms with Crippen LogP contribution in [-0.2, 0) is 0 Å². The predicted molar refractivity (Wildman–Crippen MR) is 77.8 cm³/mol. The lowest BCUT2D eigenvalue weighted by Gasteiger charge is -2.15. The number of carbonyl (C=O) groups is 1. The number of rotatable bonds is 4. The van der Waals surface area contributed by atoms with Gasteiger partial charge in [-0.25, -0.2) is 0 Å². The summed E-state index contributed by atoms with van der Waals surface area (Å²) < 4.78 is 16.1. The zero-order valence-corrected chi connectivity index (χ0v) is 11.5. The number of nitrogens with two attached hydrogens (primary N) is 1. The molecule has 2 aromatic carbocycles. The molecule has 21 heavy (non-hydrogen) atoms. The SMILES string of the molecule is CC(Oc1ccccc1N)C(=O)c1ccc2c(c1)OCO2. The van der Waals surface area contributed by atoms with E-state index in [2.05, 4.69) is 0 Å².